The van der Waals surface area contributed by atoms with Gasteiger partial charge in [-0.25, -0.2) is 0 Å². The lowest BCUT2D eigenvalue weighted by Crippen LogP contribution is -2.71. The van der Waals surface area contributed by atoms with E-state index in [1.807, 2.05) is 0 Å². The van der Waals surface area contributed by atoms with Crippen LogP contribution in [0.25, 0.3) is 0 Å². The summed E-state index contributed by atoms with van der Waals surface area (Å²) >= 11 is 6.22. The summed E-state index contributed by atoms with van der Waals surface area (Å²) in [7, 11) is 0. The van der Waals surface area contributed by atoms with Crippen molar-refractivity contribution in [1.29, 1.82) is 0 Å². The number of halogens is 1. The highest BCUT2D eigenvalue weighted by atomic mass is 35.5. The van der Waals surface area contributed by atoms with Gasteiger partial charge < -0.3 is 24.0 Å². The summed E-state index contributed by atoms with van der Waals surface area (Å²) in [6.45, 7) is 7.07. The normalized spacial score (nSPS) is 38.0. The molecule has 9 heteroatoms. The lowest BCUT2D eigenvalue weighted by Gasteiger charge is -2.55. The molecule has 4 fully saturated rings. The van der Waals surface area contributed by atoms with E-state index in [0.29, 0.717) is 38.3 Å². The second-order valence-corrected chi connectivity index (χ2v) is 7.36. The molecule has 0 radical (unpaired) electrons. The fraction of sp³-hybridized carbons (Fsp3) is 0.800. The van der Waals surface area contributed by atoms with Crippen molar-refractivity contribution in [3.8, 4) is 0 Å². The number of nitrogens with zero attached hydrogens (tertiary/aromatic N) is 5. The third kappa shape index (κ3) is 2.00. The smallest absolute Gasteiger partial charge is 0.232 e. The van der Waals surface area contributed by atoms with E-state index in [4.69, 9.17) is 30.8 Å². The molecule has 0 bridgehead atoms. The maximum Gasteiger partial charge on any atom is 0.232 e. The largest absolute Gasteiger partial charge is 0.378 e. The molecule has 0 aromatic carbocycles. The van der Waals surface area contributed by atoms with E-state index in [2.05, 4.69) is 26.7 Å². The Balaban J connectivity index is 1.48. The average molecular weight is 354 g/mol. The minimum Gasteiger partial charge on any atom is -0.378 e. The van der Waals surface area contributed by atoms with E-state index in [1.54, 1.807) is 0 Å². The molecule has 8 nitrogen and oxygen atoms in total. The van der Waals surface area contributed by atoms with Crippen LogP contribution in [0.3, 0.4) is 0 Å². The summed E-state index contributed by atoms with van der Waals surface area (Å²) in [4.78, 5) is 17.8. The third-order valence-electron chi connectivity index (χ3n) is 5.73. The molecular formula is C15H20ClN5O3. The highest BCUT2D eigenvalue weighted by Gasteiger charge is 2.67. The van der Waals surface area contributed by atoms with Crippen LogP contribution < -0.4 is 9.80 Å². The molecule has 0 saturated carbocycles. The maximum absolute atomic E-state index is 6.22. The molecule has 5 heterocycles. The Morgan fingerprint density at radius 2 is 1.71 bits per heavy atom. The SMILES string of the molecule is C[C@@H]1COCCN1c1nc(Cl)nc(N2C3COCC34COCC24)n1. The van der Waals surface area contributed by atoms with Crippen molar-refractivity contribution < 1.29 is 14.2 Å². The maximum atomic E-state index is 6.22. The molecule has 4 aliphatic heterocycles. The average Bonchev–Trinajstić information content (AvgIpc) is 3.10. The van der Waals surface area contributed by atoms with Gasteiger partial charge in [-0.05, 0) is 18.5 Å². The Labute approximate surface area is 145 Å². The summed E-state index contributed by atoms with van der Waals surface area (Å²) in [5.41, 5.74) is 0.103. The fourth-order valence-corrected chi connectivity index (χ4v) is 4.58. The van der Waals surface area contributed by atoms with Crippen LogP contribution >= 0.6 is 11.6 Å². The molecule has 4 saturated heterocycles. The fourth-order valence-electron chi connectivity index (χ4n) is 4.43. The Morgan fingerprint density at radius 1 is 1.00 bits per heavy atom. The van der Waals surface area contributed by atoms with Crippen molar-refractivity contribution in [2.45, 2.75) is 25.0 Å². The first kappa shape index (κ1) is 15.1. The molecule has 2 unspecified atom stereocenters. The predicted molar refractivity (Wildman–Crippen MR) is 86.6 cm³/mol. The summed E-state index contributed by atoms with van der Waals surface area (Å²) in [6.07, 6.45) is 0. The minimum atomic E-state index is 0.103. The number of rotatable bonds is 2. The van der Waals surface area contributed by atoms with Gasteiger partial charge in [0.05, 0.1) is 63.2 Å². The Hall–Kier alpha value is -1.22. The summed E-state index contributed by atoms with van der Waals surface area (Å²) in [5.74, 6) is 1.25. The van der Waals surface area contributed by atoms with E-state index >= 15 is 0 Å². The topological polar surface area (TPSA) is 72.8 Å². The summed E-state index contributed by atoms with van der Waals surface area (Å²) in [5, 5.41) is 0.226. The molecule has 5 rings (SSSR count). The minimum absolute atomic E-state index is 0.103. The third-order valence-corrected chi connectivity index (χ3v) is 5.90. The predicted octanol–water partition coefficient (Wildman–Crippen LogP) is 0.354. The molecule has 1 aromatic heterocycles. The number of morpholine rings is 1. The molecule has 24 heavy (non-hydrogen) atoms. The second kappa shape index (κ2) is 5.39. The van der Waals surface area contributed by atoms with E-state index < -0.39 is 0 Å². The second-order valence-electron chi connectivity index (χ2n) is 7.02. The standard InChI is InChI=1S/C15H20ClN5O3/c1-9-4-22-3-2-20(9)13-17-12(16)18-14(19-13)21-10-5-23-7-15(10)8-24-6-11(15)21/h9-11H,2-8H2,1H3/t9-,10?,11?,15?/m1/s1. The zero-order chi connectivity index (χ0) is 16.3. The van der Waals surface area contributed by atoms with Gasteiger partial charge in [0.15, 0.2) is 0 Å². The van der Waals surface area contributed by atoms with Crippen molar-refractivity contribution in [3.63, 3.8) is 0 Å². The summed E-state index contributed by atoms with van der Waals surface area (Å²) < 4.78 is 17.0. The van der Waals surface area contributed by atoms with Gasteiger partial charge in [-0.1, -0.05) is 0 Å². The number of aromatic nitrogens is 3. The van der Waals surface area contributed by atoms with Gasteiger partial charge in [-0.2, -0.15) is 15.0 Å². The Morgan fingerprint density at radius 3 is 2.42 bits per heavy atom. The highest BCUT2D eigenvalue weighted by Crippen LogP contribution is 2.53. The van der Waals surface area contributed by atoms with Crippen molar-refractivity contribution in [3.05, 3.63) is 5.28 Å². The summed E-state index contributed by atoms with van der Waals surface area (Å²) in [6, 6.07) is 0.738. The number of hydrogen-bond donors (Lipinski definition) is 0. The van der Waals surface area contributed by atoms with Crippen molar-refractivity contribution in [2.24, 2.45) is 5.41 Å². The molecular weight excluding hydrogens is 334 g/mol. The first-order chi connectivity index (χ1) is 11.7. The molecule has 130 valence electrons. The lowest BCUT2D eigenvalue weighted by atomic mass is 9.69. The molecule has 1 spiro atoms. The van der Waals surface area contributed by atoms with Gasteiger partial charge >= 0.3 is 0 Å². The Bertz CT molecular complexity index is 642. The Kier molecular flexibility index (Phi) is 3.38. The van der Waals surface area contributed by atoms with Gasteiger partial charge in [0, 0.05) is 6.54 Å². The van der Waals surface area contributed by atoms with Crippen LogP contribution in [0.1, 0.15) is 6.92 Å². The number of ether oxygens (including phenoxy) is 3. The van der Waals surface area contributed by atoms with Crippen molar-refractivity contribution >= 4 is 23.5 Å². The quantitative estimate of drug-likeness (QED) is 0.754. The van der Waals surface area contributed by atoms with Gasteiger partial charge in [0.25, 0.3) is 0 Å². The van der Waals surface area contributed by atoms with Crippen LogP contribution in [0.5, 0.6) is 0 Å². The van der Waals surface area contributed by atoms with Crippen LogP contribution in [-0.4, -0.2) is 79.3 Å². The van der Waals surface area contributed by atoms with Gasteiger partial charge in [0.1, 0.15) is 0 Å². The molecule has 3 atom stereocenters. The van der Waals surface area contributed by atoms with Crippen LogP contribution in [0, 0.1) is 5.41 Å². The van der Waals surface area contributed by atoms with Gasteiger partial charge in [-0.15, -0.1) is 0 Å². The molecule has 1 aromatic rings. The van der Waals surface area contributed by atoms with E-state index in [9.17, 15) is 0 Å². The van der Waals surface area contributed by atoms with Crippen LogP contribution in [0.4, 0.5) is 11.9 Å². The molecule has 0 N–H and O–H groups in total. The molecule has 4 aliphatic rings. The van der Waals surface area contributed by atoms with E-state index in [1.165, 1.54) is 0 Å². The molecule has 0 amide bonds. The van der Waals surface area contributed by atoms with Gasteiger partial charge in [0.2, 0.25) is 17.2 Å². The number of anilines is 2. The van der Waals surface area contributed by atoms with Crippen molar-refractivity contribution in [2.75, 3.05) is 56.0 Å². The van der Waals surface area contributed by atoms with Crippen molar-refractivity contribution in [1.82, 2.24) is 15.0 Å². The highest BCUT2D eigenvalue weighted by molar-refractivity contribution is 6.28. The zero-order valence-electron chi connectivity index (χ0n) is 13.5. The van der Waals surface area contributed by atoms with Gasteiger partial charge in [-0.3, -0.25) is 0 Å². The van der Waals surface area contributed by atoms with E-state index in [-0.39, 0.29) is 28.8 Å². The zero-order valence-corrected chi connectivity index (χ0v) is 14.3. The lowest BCUT2D eigenvalue weighted by molar-refractivity contribution is 0.0960. The first-order valence-electron chi connectivity index (χ1n) is 8.39. The monoisotopic (exact) mass is 353 g/mol. The van der Waals surface area contributed by atoms with Crippen LogP contribution in [-0.2, 0) is 14.2 Å². The first-order valence-corrected chi connectivity index (χ1v) is 8.77. The van der Waals surface area contributed by atoms with Crippen LogP contribution in [0.2, 0.25) is 5.28 Å². The van der Waals surface area contributed by atoms with E-state index in [0.717, 1.165) is 19.8 Å². The van der Waals surface area contributed by atoms with Crippen LogP contribution in [0.15, 0.2) is 0 Å². The molecule has 0 aliphatic carbocycles. The number of hydrogen-bond acceptors (Lipinski definition) is 8.